The van der Waals surface area contributed by atoms with Crippen LogP contribution in [0, 0.1) is 20.8 Å². The Balaban J connectivity index is 0.000000191. The van der Waals surface area contributed by atoms with Crippen LogP contribution >= 0.6 is 0 Å². The Kier molecular flexibility index (Phi) is 11.3. The van der Waals surface area contributed by atoms with Crippen molar-refractivity contribution in [2.45, 2.75) is 71.1 Å². The summed E-state index contributed by atoms with van der Waals surface area (Å²) in [6, 6.07) is 22.5. The minimum Gasteiger partial charge on any atom is -0.324 e. The zero-order valence-electron chi connectivity index (χ0n) is 28.8. The van der Waals surface area contributed by atoms with Gasteiger partial charge in [-0.05, 0) is 80.3 Å². The lowest BCUT2D eigenvalue weighted by Gasteiger charge is -2.36. The standard InChI is InChI=1S/C20H24FN3O.C19H22FN3O/c1-3-16-6-8-17(9-7-16)23-19(25)24-13-10-20(21,11-14-24)18-15(2)5-4-12-22-18;1-14-5-7-16(8-6-14)22-18(24)23-12-9-19(20,10-13-23)17-15(2)4-3-11-21-17/h4-9,12H,3,10-11,13-14H2,1-2H3,(H,23,25);3-8,11H,9-10,12-13H2,1-2H3,(H,22,24). The summed E-state index contributed by atoms with van der Waals surface area (Å²) in [7, 11) is 0. The summed E-state index contributed by atoms with van der Waals surface area (Å²) in [4.78, 5) is 36.5. The Morgan fingerprint density at radius 1 is 0.653 bits per heavy atom. The molecule has 10 heteroatoms. The van der Waals surface area contributed by atoms with Crippen molar-refractivity contribution in [1.82, 2.24) is 19.8 Å². The quantitative estimate of drug-likeness (QED) is 0.223. The van der Waals surface area contributed by atoms with Crippen molar-refractivity contribution in [3.8, 4) is 0 Å². The Bertz CT molecular complexity index is 1710. The Labute approximate surface area is 288 Å². The van der Waals surface area contributed by atoms with E-state index in [-0.39, 0.29) is 37.7 Å². The highest BCUT2D eigenvalue weighted by Crippen LogP contribution is 2.38. The van der Waals surface area contributed by atoms with E-state index in [0.29, 0.717) is 37.6 Å². The van der Waals surface area contributed by atoms with Crippen molar-refractivity contribution in [3.63, 3.8) is 0 Å². The first-order chi connectivity index (χ1) is 23.5. The van der Waals surface area contributed by atoms with Gasteiger partial charge in [0, 0.05) is 75.6 Å². The van der Waals surface area contributed by atoms with Crippen LogP contribution in [0.4, 0.5) is 29.7 Å². The summed E-state index contributed by atoms with van der Waals surface area (Å²) in [6.07, 6.45) is 5.30. The number of amides is 4. The number of aromatic nitrogens is 2. The maximum absolute atomic E-state index is 15.3. The van der Waals surface area contributed by atoms with E-state index >= 15 is 8.78 Å². The number of alkyl halides is 2. The Morgan fingerprint density at radius 2 is 1.04 bits per heavy atom. The van der Waals surface area contributed by atoms with Crippen LogP contribution < -0.4 is 10.6 Å². The zero-order valence-corrected chi connectivity index (χ0v) is 28.8. The van der Waals surface area contributed by atoms with Gasteiger partial charge in [-0.1, -0.05) is 48.9 Å². The highest BCUT2D eigenvalue weighted by molar-refractivity contribution is 5.90. The number of benzene rings is 2. The average molecular weight is 669 g/mol. The molecule has 4 amide bonds. The van der Waals surface area contributed by atoms with Crippen molar-refractivity contribution in [2.75, 3.05) is 36.8 Å². The molecule has 2 aromatic heterocycles. The number of anilines is 2. The molecule has 0 unspecified atom stereocenters. The molecule has 258 valence electrons. The SMILES string of the molecule is CCc1ccc(NC(=O)N2CCC(F)(c3ncccc3C)CC2)cc1.Cc1ccc(NC(=O)N2CCC(F)(c3ncccc3C)CC2)cc1. The molecule has 0 radical (unpaired) electrons. The number of rotatable bonds is 5. The molecule has 0 saturated carbocycles. The van der Waals surface area contributed by atoms with Crippen LogP contribution in [-0.4, -0.2) is 58.0 Å². The van der Waals surface area contributed by atoms with E-state index in [9.17, 15) is 9.59 Å². The number of hydrogen-bond donors (Lipinski definition) is 2. The molecule has 2 aromatic carbocycles. The van der Waals surface area contributed by atoms with E-state index in [4.69, 9.17) is 0 Å². The third-order valence-corrected chi connectivity index (χ3v) is 9.47. The van der Waals surface area contributed by atoms with Crippen LogP contribution in [0.3, 0.4) is 0 Å². The fraction of sp³-hybridized carbons (Fsp3) is 0.385. The number of hydrogen-bond acceptors (Lipinski definition) is 4. The second-order valence-corrected chi connectivity index (χ2v) is 13.0. The fourth-order valence-electron chi connectivity index (χ4n) is 6.38. The second kappa shape index (κ2) is 15.6. The molecule has 2 fully saturated rings. The molecule has 4 heterocycles. The van der Waals surface area contributed by atoms with Gasteiger partial charge in [-0.3, -0.25) is 9.97 Å². The van der Waals surface area contributed by atoms with Gasteiger partial charge in [0.25, 0.3) is 0 Å². The maximum atomic E-state index is 15.3. The Morgan fingerprint density at radius 3 is 1.41 bits per heavy atom. The molecule has 2 aliphatic rings. The molecule has 2 saturated heterocycles. The molecule has 0 spiro atoms. The first-order valence-electron chi connectivity index (χ1n) is 17.0. The van der Waals surface area contributed by atoms with Gasteiger partial charge in [-0.15, -0.1) is 0 Å². The lowest BCUT2D eigenvalue weighted by atomic mass is 9.87. The number of urea groups is 2. The first-order valence-corrected chi connectivity index (χ1v) is 17.0. The molecule has 0 aliphatic carbocycles. The van der Waals surface area contributed by atoms with Crippen molar-refractivity contribution in [3.05, 3.63) is 119 Å². The van der Waals surface area contributed by atoms with Crippen LogP contribution in [0.5, 0.6) is 0 Å². The van der Waals surface area contributed by atoms with Crippen LogP contribution in [0.2, 0.25) is 0 Å². The molecule has 0 atom stereocenters. The van der Waals surface area contributed by atoms with E-state index in [2.05, 4.69) is 27.5 Å². The van der Waals surface area contributed by atoms with Crippen molar-refractivity contribution in [2.24, 2.45) is 0 Å². The summed E-state index contributed by atoms with van der Waals surface area (Å²) in [5.41, 5.74) is 3.70. The zero-order chi connectivity index (χ0) is 35.0. The predicted octanol–water partition coefficient (Wildman–Crippen LogP) is 8.64. The van der Waals surface area contributed by atoms with E-state index in [0.717, 1.165) is 34.5 Å². The molecule has 49 heavy (non-hydrogen) atoms. The number of halogens is 2. The number of piperidine rings is 2. The van der Waals surface area contributed by atoms with E-state index in [1.165, 1.54) is 5.56 Å². The first kappa shape index (κ1) is 35.4. The van der Waals surface area contributed by atoms with Crippen LogP contribution in [0.25, 0.3) is 0 Å². The van der Waals surface area contributed by atoms with Gasteiger partial charge in [-0.2, -0.15) is 0 Å². The lowest BCUT2D eigenvalue weighted by molar-refractivity contribution is 0.0672. The largest absolute Gasteiger partial charge is 0.324 e. The van der Waals surface area contributed by atoms with Crippen LogP contribution in [0.15, 0.2) is 85.2 Å². The summed E-state index contributed by atoms with van der Waals surface area (Å²) in [6.45, 7) is 9.36. The van der Waals surface area contributed by atoms with Gasteiger partial charge in [-0.25, -0.2) is 18.4 Å². The maximum Gasteiger partial charge on any atom is 0.321 e. The number of nitrogens with zero attached hydrogens (tertiary/aromatic N) is 4. The smallest absolute Gasteiger partial charge is 0.321 e. The number of likely N-dealkylation sites (tertiary alicyclic amines) is 2. The van der Waals surface area contributed by atoms with Crippen molar-refractivity contribution >= 4 is 23.4 Å². The molecule has 2 aliphatic heterocycles. The molecule has 0 bridgehead atoms. The molecular formula is C39H46F2N6O2. The van der Waals surface area contributed by atoms with Gasteiger partial charge in [0.2, 0.25) is 0 Å². The molecule has 4 aromatic rings. The molecular weight excluding hydrogens is 622 g/mol. The van der Waals surface area contributed by atoms with Crippen LogP contribution in [-0.2, 0) is 17.8 Å². The van der Waals surface area contributed by atoms with E-state index in [1.54, 1.807) is 22.2 Å². The minimum atomic E-state index is -1.45. The number of pyridine rings is 2. The number of aryl methyl sites for hydroxylation is 4. The monoisotopic (exact) mass is 668 g/mol. The Hall–Kier alpha value is -4.86. The van der Waals surface area contributed by atoms with Gasteiger partial charge in [0.15, 0.2) is 11.3 Å². The summed E-state index contributed by atoms with van der Waals surface area (Å²) in [5.74, 6) is 0. The minimum absolute atomic E-state index is 0.177. The molecule has 6 rings (SSSR count). The number of nitrogens with one attached hydrogen (secondary N) is 2. The number of carbonyl (C=O) groups excluding carboxylic acids is 2. The summed E-state index contributed by atoms with van der Waals surface area (Å²) in [5, 5.41) is 5.76. The third-order valence-electron chi connectivity index (χ3n) is 9.47. The average Bonchev–Trinajstić information content (AvgIpc) is 3.11. The summed E-state index contributed by atoms with van der Waals surface area (Å²) < 4.78 is 30.5. The van der Waals surface area contributed by atoms with Gasteiger partial charge < -0.3 is 20.4 Å². The second-order valence-electron chi connectivity index (χ2n) is 13.0. The summed E-state index contributed by atoms with van der Waals surface area (Å²) >= 11 is 0. The predicted molar refractivity (Wildman–Crippen MR) is 190 cm³/mol. The van der Waals surface area contributed by atoms with E-state index in [1.807, 2.05) is 93.6 Å². The third kappa shape index (κ3) is 8.79. The highest BCUT2D eigenvalue weighted by atomic mass is 19.1. The van der Waals surface area contributed by atoms with Crippen molar-refractivity contribution in [1.29, 1.82) is 0 Å². The van der Waals surface area contributed by atoms with Crippen LogP contribution in [0.1, 0.15) is 66.2 Å². The van der Waals surface area contributed by atoms with Gasteiger partial charge >= 0.3 is 12.1 Å². The van der Waals surface area contributed by atoms with Gasteiger partial charge in [0.05, 0.1) is 11.4 Å². The fourth-order valence-corrected chi connectivity index (χ4v) is 6.38. The number of carbonyl (C=O) groups is 2. The highest BCUT2D eigenvalue weighted by Gasteiger charge is 2.40. The topological polar surface area (TPSA) is 90.5 Å². The van der Waals surface area contributed by atoms with Crippen molar-refractivity contribution < 1.29 is 18.4 Å². The van der Waals surface area contributed by atoms with Gasteiger partial charge in [0.1, 0.15) is 0 Å². The molecule has 8 nitrogen and oxygen atoms in total. The molecule has 2 N–H and O–H groups in total. The normalized spacial score (nSPS) is 16.6. The van der Waals surface area contributed by atoms with E-state index < -0.39 is 11.3 Å². The lowest BCUT2D eigenvalue weighted by Crippen LogP contribution is -2.45.